The van der Waals surface area contributed by atoms with Gasteiger partial charge in [-0.25, -0.2) is 4.79 Å². The smallest absolute Gasteiger partial charge is 0.322 e. The van der Waals surface area contributed by atoms with E-state index in [1.165, 1.54) is 0 Å². The lowest BCUT2D eigenvalue weighted by Crippen LogP contribution is -2.44. The Morgan fingerprint density at radius 2 is 1.86 bits per heavy atom. The lowest BCUT2D eigenvalue weighted by molar-refractivity contribution is 0.181. The van der Waals surface area contributed by atoms with Crippen LogP contribution >= 0.6 is 0 Å². The molecule has 2 aromatic carbocycles. The maximum absolute atomic E-state index is 13.2. The number of urea groups is 1. The molecule has 1 aromatic heterocycles. The average Bonchev–Trinajstić information content (AvgIpc) is 3.23. The van der Waals surface area contributed by atoms with Gasteiger partial charge in [0.2, 0.25) is 0 Å². The molecule has 2 heterocycles. The summed E-state index contributed by atoms with van der Waals surface area (Å²) < 4.78 is 13.1. The number of aromatic nitrogens is 1. The van der Waals surface area contributed by atoms with Gasteiger partial charge in [0.1, 0.15) is 11.5 Å². The molecule has 0 aliphatic carbocycles. The van der Waals surface area contributed by atoms with E-state index in [4.69, 9.17) is 9.47 Å². The van der Waals surface area contributed by atoms with Gasteiger partial charge < -0.3 is 24.3 Å². The van der Waals surface area contributed by atoms with Gasteiger partial charge in [-0.3, -0.25) is 0 Å². The van der Waals surface area contributed by atoms with Crippen LogP contribution in [0.3, 0.4) is 0 Å². The second-order valence-electron chi connectivity index (χ2n) is 6.85. The highest BCUT2D eigenvalue weighted by atomic mass is 16.5. The number of amides is 2. The Balaban J connectivity index is 1.65. The third-order valence-corrected chi connectivity index (χ3v) is 5.15. The molecule has 1 aliphatic rings. The second kappa shape index (κ2) is 8.31. The first-order valence-corrected chi connectivity index (χ1v) is 9.79. The molecule has 150 valence electrons. The van der Waals surface area contributed by atoms with Crippen molar-refractivity contribution in [1.29, 1.82) is 0 Å². The minimum absolute atomic E-state index is 0.152. The van der Waals surface area contributed by atoms with E-state index in [9.17, 15) is 4.79 Å². The molecule has 1 N–H and O–H groups in total. The summed E-state index contributed by atoms with van der Waals surface area (Å²) in [4.78, 5) is 15.1. The van der Waals surface area contributed by atoms with E-state index in [2.05, 4.69) is 22.1 Å². The first-order chi connectivity index (χ1) is 14.2. The minimum atomic E-state index is -0.177. The fourth-order valence-electron chi connectivity index (χ4n) is 3.80. The second-order valence-corrected chi connectivity index (χ2v) is 6.85. The van der Waals surface area contributed by atoms with Crippen molar-refractivity contribution in [2.24, 2.45) is 0 Å². The van der Waals surface area contributed by atoms with Crippen molar-refractivity contribution in [2.45, 2.75) is 19.5 Å². The SMILES string of the molecule is CCOc1ccc([C@@H]2c3cccn3CCN2C(=O)Nc2ccccc2OC)cc1. The molecule has 0 fully saturated rings. The van der Waals surface area contributed by atoms with Crippen LogP contribution in [0, 0.1) is 0 Å². The monoisotopic (exact) mass is 391 g/mol. The molecule has 0 spiro atoms. The number of nitrogens with zero attached hydrogens (tertiary/aromatic N) is 2. The number of hydrogen-bond acceptors (Lipinski definition) is 3. The summed E-state index contributed by atoms with van der Waals surface area (Å²) in [7, 11) is 1.60. The van der Waals surface area contributed by atoms with Crippen LogP contribution in [0.25, 0.3) is 0 Å². The fraction of sp³-hybridized carbons (Fsp3) is 0.261. The molecule has 0 bridgehead atoms. The fourth-order valence-corrected chi connectivity index (χ4v) is 3.80. The summed E-state index contributed by atoms with van der Waals surface area (Å²) in [6.45, 7) is 3.96. The van der Waals surface area contributed by atoms with Crippen molar-refractivity contribution >= 4 is 11.7 Å². The van der Waals surface area contributed by atoms with E-state index in [-0.39, 0.29) is 12.1 Å². The Morgan fingerprint density at radius 3 is 2.62 bits per heavy atom. The molecular formula is C23H25N3O3. The molecule has 0 unspecified atom stereocenters. The highest BCUT2D eigenvalue weighted by molar-refractivity contribution is 5.91. The highest BCUT2D eigenvalue weighted by Gasteiger charge is 2.32. The predicted molar refractivity (Wildman–Crippen MR) is 113 cm³/mol. The summed E-state index contributed by atoms with van der Waals surface area (Å²) in [5, 5.41) is 3.01. The molecule has 2 amide bonds. The summed E-state index contributed by atoms with van der Waals surface area (Å²) in [6, 6.07) is 19.2. The third-order valence-electron chi connectivity index (χ3n) is 5.15. The Bertz CT molecular complexity index is 981. The van der Waals surface area contributed by atoms with Gasteiger partial charge in [0, 0.05) is 25.0 Å². The standard InChI is InChI=1S/C23H25N3O3/c1-3-29-18-12-10-17(11-13-18)22-20-8-6-14-25(20)15-16-26(22)23(27)24-19-7-4-5-9-21(19)28-2/h4-14,22H,3,15-16H2,1-2H3,(H,24,27)/t22-/m1/s1. The van der Waals surface area contributed by atoms with Crippen molar-refractivity contribution in [2.75, 3.05) is 25.6 Å². The number of methoxy groups -OCH3 is 1. The maximum Gasteiger partial charge on any atom is 0.322 e. The molecule has 4 rings (SSSR count). The summed E-state index contributed by atoms with van der Waals surface area (Å²) in [6.07, 6.45) is 2.06. The van der Waals surface area contributed by atoms with Crippen LogP contribution in [-0.4, -0.2) is 35.8 Å². The number of ether oxygens (including phenoxy) is 2. The van der Waals surface area contributed by atoms with Crippen molar-refractivity contribution in [1.82, 2.24) is 9.47 Å². The lowest BCUT2D eigenvalue weighted by Gasteiger charge is -2.37. The van der Waals surface area contributed by atoms with Gasteiger partial charge in [0.15, 0.2) is 0 Å². The van der Waals surface area contributed by atoms with Gasteiger partial charge in [0.05, 0.1) is 25.4 Å². The van der Waals surface area contributed by atoms with Crippen LogP contribution in [0.1, 0.15) is 24.2 Å². The number of hydrogen-bond donors (Lipinski definition) is 1. The van der Waals surface area contributed by atoms with Crippen molar-refractivity contribution < 1.29 is 14.3 Å². The van der Waals surface area contributed by atoms with Crippen molar-refractivity contribution in [3.8, 4) is 11.5 Å². The van der Waals surface area contributed by atoms with Crippen LogP contribution in [-0.2, 0) is 6.54 Å². The zero-order chi connectivity index (χ0) is 20.2. The largest absolute Gasteiger partial charge is 0.495 e. The molecular weight excluding hydrogens is 366 g/mol. The molecule has 6 heteroatoms. The van der Waals surface area contributed by atoms with Gasteiger partial charge >= 0.3 is 6.03 Å². The zero-order valence-corrected chi connectivity index (χ0v) is 16.7. The van der Waals surface area contributed by atoms with Crippen LogP contribution in [0.15, 0.2) is 66.9 Å². The molecule has 3 aromatic rings. The number of fused-ring (bicyclic) bond motifs is 1. The minimum Gasteiger partial charge on any atom is -0.495 e. The highest BCUT2D eigenvalue weighted by Crippen LogP contribution is 2.34. The molecule has 0 radical (unpaired) electrons. The lowest BCUT2D eigenvalue weighted by atomic mass is 10.00. The van der Waals surface area contributed by atoms with Gasteiger partial charge in [-0.2, -0.15) is 0 Å². The maximum atomic E-state index is 13.2. The van der Waals surface area contributed by atoms with Crippen molar-refractivity contribution in [3.05, 3.63) is 78.1 Å². The van der Waals surface area contributed by atoms with Gasteiger partial charge in [-0.05, 0) is 48.9 Å². The van der Waals surface area contributed by atoms with Crippen molar-refractivity contribution in [3.63, 3.8) is 0 Å². The quantitative estimate of drug-likeness (QED) is 0.695. The number of nitrogens with one attached hydrogen (secondary N) is 1. The molecule has 0 saturated heterocycles. The van der Waals surface area contributed by atoms with E-state index in [0.717, 1.165) is 23.6 Å². The topological polar surface area (TPSA) is 55.7 Å². The average molecular weight is 391 g/mol. The van der Waals surface area contributed by atoms with E-state index in [1.807, 2.05) is 66.4 Å². The Morgan fingerprint density at radius 1 is 1.07 bits per heavy atom. The van der Waals surface area contributed by atoms with Crippen LogP contribution in [0.5, 0.6) is 11.5 Å². The molecule has 6 nitrogen and oxygen atoms in total. The Kier molecular flexibility index (Phi) is 5.42. The predicted octanol–water partition coefficient (Wildman–Crippen LogP) is 4.53. The van der Waals surface area contributed by atoms with E-state index >= 15 is 0 Å². The van der Waals surface area contributed by atoms with Crippen LogP contribution in [0.4, 0.5) is 10.5 Å². The summed E-state index contributed by atoms with van der Waals surface area (Å²) in [5.41, 5.74) is 2.80. The zero-order valence-electron chi connectivity index (χ0n) is 16.7. The third kappa shape index (κ3) is 3.78. The number of benzene rings is 2. The van der Waals surface area contributed by atoms with E-state index < -0.39 is 0 Å². The Hall–Kier alpha value is -3.41. The first-order valence-electron chi connectivity index (χ1n) is 9.79. The summed E-state index contributed by atoms with van der Waals surface area (Å²) >= 11 is 0. The van der Waals surface area contributed by atoms with Crippen LogP contribution in [0.2, 0.25) is 0 Å². The molecule has 1 atom stereocenters. The number of carbonyl (C=O) groups excluding carboxylic acids is 1. The summed E-state index contributed by atoms with van der Waals surface area (Å²) in [5.74, 6) is 1.46. The number of anilines is 1. The van der Waals surface area contributed by atoms with Gasteiger partial charge in [-0.1, -0.05) is 24.3 Å². The van der Waals surface area contributed by atoms with E-state index in [0.29, 0.717) is 24.6 Å². The van der Waals surface area contributed by atoms with Gasteiger partial charge in [-0.15, -0.1) is 0 Å². The molecule has 0 saturated carbocycles. The number of para-hydroxylation sites is 2. The number of rotatable bonds is 5. The van der Waals surface area contributed by atoms with Crippen LogP contribution < -0.4 is 14.8 Å². The van der Waals surface area contributed by atoms with E-state index in [1.54, 1.807) is 7.11 Å². The normalized spacial score (nSPS) is 15.5. The molecule has 29 heavy (non-hydrogen) atoms. The Labute approximate surface area is 170 Å². The van der Waals surface area contributed by atoms with Gasteiger partial charge in [0.25, 0.3) is 0 Å². The first kappa shape index (κ1) is 18.9. The molecule has 1 aliphatic heterocycles. The number of carbonyl (C=O) groups is 1.